The number of rotatable bonds is 5. The first-order chi connectivity index (χ1) is 6.08. The van der Waals surface area contributed by atoms with Crippen LogP contribution in [0.4, 0.5) is 0 Å². The molecular formula is C8H17NO3S. The van der Waals surface area contributed by atoms with Crippen LogP contribution in [0.3, 0.4) is 0 Å². The molecule has 1 heterocycles. The third-order valence-electron chi connectivity index (χ3n) is 2.05. The third kappa shape index (κ3) is 5.23. The molecule has 78 valence electrons. The number of hydrogen-bond acceptors (Lipinski definition) is 4. The first-order valence-corrected chi connectivity index (χ1v) is 6.64. The van der Waals surface area contributed by atoms with Crippen LogP contribution in [0.2, 0.25) is 0 Å². The first-order valence-electron chi connectivity index (χ1n) is 4.58. The molecule has 13 heavy (non-hydrogen) atoms. The van der Waals surface area contributed by atoms with Crippen molar-refractivity contribution in [2.75, 3.05) is 31.7 Å². The Morgan fingerprint density at radius 1 is 1.54 bits per heavy atom. The lowest BCUT2D eigenvalue weighted by atomic mass is 10.2. The van der Waals surface area contributed by atoms with Crippen LogP contribution in [0.25, 0.3) is 0 Å². The lowest BCUT2D eigenvalue weighted by Gasteiger charge is -2.09. The monoisotopic (exact) mass is 207 g/mol. The summed E-state index contributed by atoms with van der Waals surface area (Å²) in [6, 6.07) is 0. The molecule has 0 spiro atoms. The summed E-state index contributed by atoms with van der Waals surface area (Å²) in [5, 5.41) is 3.08. The molecule has 1 fully saturated rings. The average molecular weight is 207 g/mol. The summed E-state index contributed by atoms with van der Waals surface area (Å²) in [6.45, 7) is 2.15. The SMILES string of the molecule is CS(=O)(=O)CCNCC1CCCO1. The summed E-state index contributed by atoms with van der Waals surface area (Å²) in [7, 11) is -2.82. The van der Waals surface area contributed by atoms with E-state index < -0.39 is 9.84 Å². The zero-order chi connectivity index (χ0) is 9.73. The van der Waals surface area contributed by atoms with Gasteiger partial charge in [-0.25, -0.2) is 8.42 Å². The molecule has 5 heteroatoms. The van der Waals surface area contributed by atoms with Gasteiger partial charge in [0, 0.05) is 26.0 Å². The summed E-state index contributed by atoms with van der Waals surface area (Å²) in [4.78, 5) is 0. The van der Waals surface area contributed by atoms with Crippen molar-refractivity contribution in [3.8, 4) is 0 Å². The fraction of sp³-hybridized carbons (Fsp3) is 1.00. The van der Waals surface area contributed by atoms with E-state index in [9.17, 15) is 8.42 Å². The van der Waals surface area contributed by atoms with Crippen LogP contribution < -0.4 is 5.32 Å². The van der Waals surface area contributed by atoms with E-state index >= 15 is 0 Å². The first kappa shape index (κ1) is 10.9. The van der Waals surface area contributed by atoms with Gasteiger partial charge in [0.25, 0.3) is 0 Å². The molecule has 1 atom stereocenters. The van der Waals surface area contributed by atoms with Crippen LogP contribution in [-0.2, 0) is 14.6 Å². The van der Waals surface area contributed by atoms with E-state index in [1.807, 2.05) is 0 Å². The van der Waals surface area contributed by atoms with Gasteiger partial charge in [0.15, 0.2) is 0 Å². The zero-order valence-electron chi connectivity index (χ0n) is 7.95. The molecule has 0 amide bonds. The summed E-state index contributed by atoms with van der Waals surface area (Å²) in [5.74, 6) is 0.208. The highest BCUT2D eigenvalue weighted by atomic mass is 32.2. The van der Waals surface area contributed by atoms with Crippen molar-refractivity contribution in [2.45, 2.75) is 18.9 Å². The molecule has 1 unspecified atom stereocenters. The molecule has 0 aliphatic carbocycles. The molecule has 4 nitrogen and oxygen atoms in total. The molecule has 0 aromatic rings. The van der Waals surface area contributed by atoms with E-state index in [0.717, 1.165) is 26.0 Å². The second-order valence-electron chi connectivity index (χ2n) is 3.47. The van der Waals surface area contributed by atoms with Crippen LogP contribution in [0.1, 0.15) is 12.8 Å². The van der Waals surface area contributed by atoms with Crippen molar-refractivity contribution in [1.29, 1.82) is 0 Å². The van der Waals surface area contributed by atoms with Crippen molar-refractivity contribution in [3.63, 3.8) is 0 Å². The Morgan fingerprint density at radius 3 is 2.85 bits per heavy atom. The van der Waals surface area contributed by atoms with Crippen molar-refractivity contribution >= 4 is 9.84 Å². The molecular weight excluding hydrogens is 190 g/mol. The highest BCUT2D eigenvalue weighted by molar-refractivity contribution is 7.90. The highest BCUT2D eigenvalue weighted by Gasteiger charge is 2.14. The van der Waals surface area contributed by atoms with Crippen molar-refractivity contribution < 1.29 is 13.2 Å². The maximum absolute atomic E-state index is 10.8. The topological polar surface area (TPSA) is 55.4 Å². The Labute approximate surface area is 79.6 Å². The lowest BCUT2D eigenvalue weighted by molar-refractivity contribution is 0.110. The Morgan fingerprint density at radius 2 is 2.31 bits per heavy atom. The van der Waals surface area contributed by atoms with Gasteiger partial charge in [-0.2, -0.15) is 0 Å². The molecule has 0 bridgehead atoms. The smallest absolute Gasteiger partial charge is 0.148 e. The predicted molar refractivity (Wildman–Crippen MR) is 51.6 cm³/mol. The predicted octanol–water partition coefficient (Wildman–Crippen LogP) is -0.200. The maximum atomic E-state index is 10.8. The number of hydrogen-bond donors (Lipinski definition) is 1. The van der Waals surface area contributed by atoms with Crippen LogP contribution >= 0.6 is 0 Å². The summed E-state index contributed by atoms with van der Waals surface area (Å²) in [5.41, 5.74) is 0. The van der Waals surface area contributed by atoms with Gasteiger partial charge < -0.3 is 10.1 Å². The number of nitrogens with one attached hydrogen (secondary N) is 1. The van der Waals surface area contributed by atoms with Crippen molar-refractivity contribution in [2.24, 2.45) is 0 Å². The van der Waals surface area contributed by atoms with E-state index in [1.54, 1.807) is 0 Å². The van der Waals surface area contributed by atoms with Crippen LogP contribution in [0, 0.1) is 0 Å². The molecule has 1 rings (SSSR count). The summed E-state index contributed by atoms with van der Waals surface area (Å²) < 4.78 is 26.9. The van der Waals surface area contributed by atoms with Gasteiger partial charge in [-0.15, -0.1) is 0 Å². The van der Waals surface area contributed by atoms with Crippen LogP contribution in [0.15, 0.2) is 0 Å². The van der Waals surface area contributed by atoms with Crippen molar-refractivity contribution in [3.05, 3.63) is 0 Å². The minimum absolute atomic E-state index is 0.208. The molecule has 0 saturated carbocycles. The quantitative estimate of drug-likeness (QED) is 0.634. The Balaban J connectivity index is 2.01. The minimum atomic E-state index is -2.82. The Bertz CT molecular complexity index is 232. The second kappa shape index (κ2) is 4.93. The molecule has 1 saturated heterocycles. The Kier molecular flexibility index (Phi) is 4.15. The number of ether oxygens (including phenoxy) is 1. The normalized spacial score (nSPS) is 23.6. The van der Waals surface area contributed by atoms with Gasteiger partial charge >= 0.3 is 0 Å². The molecule has 0 radical (unpaired) electrons. The molecule has 0 aromatic heterocycles. The molecule has 0 aromatic carbocycles. The fourth-order valence-electron chi connectivity index (χ4n) is 1.33. The van der Waals surface area contributed by atoms with Gasteiger partial charge in [-0.05, 0) is 12.8 Å². The van der Waals surface area contributed by atoms with E-state index in [4.69, 9.17) is 4.74 Å². The third-order valence-corrected chi connectivity index (χ3v) is 2.99. The summed E-state index contributed by atoms with van der Waals surface area (Å²) in [6.07, 6.45) is 3.75. The van der Waals surface area contributed by atoms with Gasteiger partial charge in [0.1, 0.15) is 9.84 Å². The van der Waals surface area contributed by atoms with E-state index in [2.05, 4.69) is 5.32 Å². The second-order valence-corrected chi connectivity index (χ2v) is 5.73. The van der Waals surface area contributed by atoms with Gasteiger partial charge in [0.05, 0.1) is 11.9 Å². The van der Waals surface area contributed by atoms with Crippen LogP contribution in [0.5, 0.6) is 0 Å². The molecule has 1 aliphatic heterocycles. The van der Waals surface area contributed by atoms with E-state index in [0.29, 0.717) is 12.6 Å². The average Bonchev–Trinajstić information content (AvgIpc) is 2.48. The van der Waals surface area contributed by atoms with Gasteiger partial charge in [-0.1, -0.05) is 0 Å². The summed E-state index contributed by atoms with van der Waals surface area (Å²) >= 11 is 0. The highest BCUT2D eigenvalue weighted by Crippen LogP contribution is 2.10. The molecule has 1 N–H and O–H groups in total. The van der Waals surface area contributed by atoms with Gasteiger partial charge in [0.2, 0.25) is 0 Å². The van der Waals surface area contributed by atoms with E-state index in [1.165, 1.54) is 6.26 Å². The zero-order valence-corrected chi connectivity index (χ0v) is 8.77. The molecule has 1 aliphatic rings. The minimum Gasteiger partial charge on any atom is -0.377 e. The van der Waals surface area contributed by atoms with Crippen molar-refractivity contribution in [1.82, 2.24) is 5.32 Å². The van der Waals surface area contributed by atoms with E-state index in [-0.39, 0.29) is 5.75 Å². The lowest BCUT2D eigenvalue weighted by Crippen LogP contribution is -2.30. The maximum Gasteiger partial charge on any atom is 0.148 e. The fourth-order valence-corrected chi connectivity index (χ4v) is 1.84. The van der Waals surface area contributed by atoms with Gasteiger partial charge in [-0.3, -0.25) is 0 Å². The van der Waals surface area contributed by atoms with Crippen LogP contribution in [-0.4, -0.2) is 46.2 Å². The largest absolute Gasteiger partial charge is 0.377 e. The number of sulfone groups is 1. The Hall–Kier alpha value is -0.130. The standard InChI is InChI=1S/C8H17NO3S/c1-13(10,11)6-4-9-7-8-3-2-5-12-8/h8-9H,2-7H2,1H3.